The van der Waals surface area contributed by atoms with Crippen LogP contribution in [0.3, 0.4) is 0 Å². The van der Waals surface area contributed by atoms with Crippen molar-refractivity contribution in [1.82, 2.24) is 0 Å². The Morgan fingerprint density at radius 3 is 2.80 bits per heavy atom. The number of rotatable bonds is 3. The highest BCUT2D eigenvalue weighted by Crippen LogP contribution is 2.25. The minimum atomic E-state index is -0.804. The summed E-state index contributed by atoms with van der Waals surface area (Å²) in [5.41, 5.74) is 3.22. The van der Waals surface area contributed by atoms with E-state index in [4.69, 9.17) is 5.11 Å². The molecular formula is C12H13BrO2. The number of carbonyl (C=O) groups is 1. The van der Waals surface area contributed by atoms with Gasteiger partial charge in [0.2, 0.25) is 0 Å². The fourth-order valence-corrected chi connectivity index (χ4v) is 1.75. The molecule has 80 valence electrons. The van der Waals surface area contributed by atoms with E-state index in [0.29, 0.717) is 0 Å². The van der Waals surface area contributed by atoms with Crippen molar-refractivity contribution in [2.45, 2.75) is 20.3 Å². The Bertz CT molecular complexity index is 408. The molecule has 0 heterocycles. The quantitative estimate of drug-likeness (QED) is 0.909. The molecule has 0 aliphatic heterocycles. The van der Waals surface area contributed by atoms with Gasteiger partial charge in [0.25, 0.3) is 0 Å². The Labute approximate surface area is 97.8 Å². The normalized spacial score (nSPS) is 11.5. The maximum Gasteiger partial charge on any atom is 0.307 e. The molecule has 1 rings (SSSR count). The second-order valence-electron chi connectivity index (χ2n) is 3.40. The molecular weight excluding hydrogens is 256 g/mol. The van der Waals surface area contributed by atoms with Crippen LogP contribution >= 0.6 is 15.9 Å². The van der Waals surface area contributed by atoms with Gasteiger partial charge in [0.05, 0.1) is 6.42 Å². The van der Waals surface area contributed by atoms with Crippen LogP contribution in [0.15, 0.2) is 28.7 Å². The van der Waals surface area contributed by atoms with E-state index in [0.717, 1.165) is 21.2 Å². The zero-order valence-corrected chi connectivity index (χ0v) is 10.3. The first-order valence-corrected chi connectivity index (χ1v) is 5.45. The fraction of sp³-hybridized carbons (Fsp3) is 0.250. The van der Waals surface area contributed by atoms with Crippen molar-refractivity contribution in [1.29, 1.82) is 0 Å². The third-order valence-corrected chi connectivity index (χ3v) is 3.13. The maximum atomic E-state index is 10.4. The van der Waals surface area contributed by atoms with E-state index < -0.39 is 5.97 Å². The molecule has 0 spiro atoms. The van der Waals surface area contributed by atoms with Crippen LogP contribution in [0.4, 0.5) is 0 Å². The first kappa shape index (κ1) is 12.0. The number of aliphatic carboxylic acids is 1. The average molecular weight is 269 g/mol. The first-order chi connectivity index (χ1) is 7.02. The molecule has 1 aromatic carbocycles. The van der Waals surface area contributed by atoms with E-state index in [1.165, 1.54) is 0 Å². The topological polar surface area (TPSA) is 37.3 Å². The van der Waals surface area contributed by atoms with Crippen LogP contribution in [0, 0.1) is 6.92 Å². The van der Waals surface area contributed by atoms with E-state index in [1.54, 1.807) is 6.08 Å². The highest BCUT2D eigenvalue weighted by molar-refractivity contribution is 9.10. The van der Waals surface area contributed by atoms with Gasteiger partial charge in [0.15, 0.2) is 0 Å². The molecule has 3 heteroatoms. The molecule has 0 fully saturated rings. The van der Waals surface area contributed by atoms with Gasteiger partial charge in [-0.25, -0.2) is 0 Å². The summed E-state index contributed by atoms with van der Waals surface area (Å²) in [6, 6.07) is 5.92. The Morgan fingerprint density at radius 1 is 1.53 bits per heavy atom. The molecule has 0 saturated heterocycles. The number of hydrogen-bond donors (Lipinski definition) is 1. The standard InChI is InChI=1S/C12H13BrO2/c1-8(6-7-12(14)15)10-4-3-5-11(13)9(10)2/h3-6H,7H2,1-2H3,(H,14,15)/b8-6+. The molecule has 0 aliphatic carbocycles. The van der Waals surface area contributed by atoms with Crippen LogP contribution in [0.1, 0.15) is 24.5 Å². The van der Waals surface area contributed by atoms with Crippen LogP contribution in [0.5, 0.6) is 0 Å². The van der Waals surface area contributed by atoms with Gasteiger partial charge in [-0.2, -0.15) is 0 Å². The molecule has 0 saturated carbocycles. The summed E-state index contributed by atoms with van der Waals surface area (Å²) in [6.45, 7) is 3.94. The number of benzene rings is 1. The fourth-order valence-electron chi connectivity index (χ4n) is 1.39. The second kappa shape index (κ2) is 5.12. The van der Waals surface area contributed by atoms with Gasteiger partial charge in [-0.3, -0.25) is 4.79 Å². The van der Waals surface area contributed by atoms with Gasteiger partial charge in [-0.05, 0) is 36.6 Å². The van der Waals surface area contributed by atoms with E-state index in [1.807, 2.05) is 32.0 Å². The van der Waals surface area contributed by atoms with Gasteiger partial charge in [-0.15, -0.1) is 0 Å². The summed E-state index contributed by atoms with van der Waals surface area (Å²) in [5, 5.41) is 8.58. The molecule has 0 aromatic heterocycles. The summed E-state index contributed by atoms with van der Waals surface area (Å²) in [4.78, 5) is 10.4. The third kappa shape index (κ3) is 3.20. The molecule has 1 N–H and O–H groups in total. The summed E-state index contributed by atoms with van der Waals surface area (Å²) in [5.74, 6) is -0.804. The molecule has 0 unspecified atom stereocenters. The highest BCUT2D eigenvalue weighted by Gasteiger charge is 2.03. The van der Waals surface area contributed by atoms with Crippen molar-refractivity contribution in [3.63, 3.8) is 0 Å². The van der Waals surface area contributed by atoms with Crippen LogP contribution in [0.2, 0.25) is 0 Å². The predicted molar refractivity (Wildman–Crippen MR) is 64.8 cm³/mol. The Balaban J connectivity index is 3.00. The highest BCUT2D eigenvalue weighted by atomic mass is 79.9. The molecule has 0 radical (unpaired) electrons. The van der Waals surface area contributed by atoms with Gasteiger partial charge in [-0.1, -0.05) is 34.1 Å². The Hall–Kier alpha value is -1.09. The van der Waals surface area contributed by atoms with Gasteiger partial charge < -0.3 is 5.11 Å². The molecule has 15 heavy (non-hydrogen) atoms. The number of carboxylic acids is 1. The molecule has 2 nitrogen and oxygen atoms in total. The minimum Gasteiger partial charge on any atom is -0.481 e. The smallest absolute Gasteiger partial charge is 0.307 e. The van der Waals surface area contributed by atoms with Crippen LogP contribution in [-0.4, -0.2) is 11.1 Å². The number of allylic oxidation sites excluding steroid dienone is 1. The average Bonchev–Trinajstić information content (AvgIpc) is 2.18. The summed E-state index contributed by atoms with van der Waals surface area (Å²) >= 11 is 3.45. The maximum absolute atomic E-state index is 10.4. The second-order valence-corrected chi connectivity index (χ2v) is 4.25. The lowest BCUT2D eigenvalue weighted by Crippen LogP contribution is -1.92. The lowest BCUT2D eigenvalue weighted by atomic mass is 10.0. The molecule has 0 aliphatic rings. The SMILES string of the molecule is C/C(=C\CC(=O)O)c1cccc(Br)c1C. The predicted octanol–water partition coefficient (Wildman–Crippen LogP) is 3.64. The van der Waals surface area contributed by atoms with Crippen LogP contribution < -0.4 is 0 Å². The molecule has 1 aromatic rings. The van der Waals surface area contributed by atoms with Crippen molar-refractivity contribution in [2.75, 3.05) is 0 Å². The van der Waals surface area contributed by atoms with E-state index in [-0.39, 0.29) is 6.42 Å². The van der Waals surface area contributed by atoms with Gasteiger partial charge in [0.1, 0.15) is 0 Å². The largest absolute Gasteiger partial charge is 0.481 e. The summed E-state index contributed by atoms with van der Waals surface area (Å²) in [6.07, 6.45) is 1.80. The van der Waals surface area contributed by atoms with E-state index in [2.05, 4.69) is 15.9 Å². The summed E-state index contributed by atoms with van der Waals surface area (Å²) < 4.78 is 1.04. The van der Waals surface area contributed by atoms with E-state index >= 15 is 0 Å². The number of carboxylic acid groups (broad SMARTS) is 1. The van der Waals surface area contributed by atoms with Gasteiger partial charge in [0, 0.05) is 4.47 Å². The Morgan fingerprint density at radius 2 is 2.20 bits per heavy atom. The molecule has 0 atom stereocenters. The summed E-state index contributed by atoms with van der Waals surface area (Å²) in [7, 11) is 0. The lowest BCUT2D eigenvalue weighted by molar-refractivity contribution is -0.135. The van der Waals surface area contributed by atoms with Crippen molar-refractivity contribution in [3.05, 3.63) is 39.9 Å². The van der Waals surface area contributed by atoms with Gasteiger partial charge >= 0.3 is 5.97 Å². The van der Waals surface area contributed by atoms with Crippen molar-refractivity contribution in [2.24, 2.45) is 0 Å². The van der Waals surface area contributed by atoms with Crippen LogP contribution in [-0.2, 0) is 4.79 Å². The first-order valence-electron chi connectivity index (χ1n) is 4.66. The van der Waals surface area contributed by atoms with Crippen LogP contribution in [0.25, 0.3) is 5.57 Å². The minimum absolute atomic E-state index is 0.0672. The monoisotopic (exact) mass is 268 g/mol. The Kier molecular flexibility index (Phi) is 4.09. The molecule has 0 bridgehead atoms. The lowest BCUT2D eigenvalue weighted by Gasteiger charge is -2.07. The number of hydrogen-bond acceptors (Lipinski definition) is 1. The zero-order valence-electron chi connectivity index (χ0n) is 8.75. The van der Waals surface area contributed by atoms with Crippen molar-refractivity contribution in [3.8, 4) is 0 Å². The number of halogens is 1. The van der Waals surface area contributed by atoms with Crippen molar-refractivity contribution >= 4 is 27.5 Å². The van der Waals surface area contributed by atoms with Crippen molar-refractivity contribution < 1.29 is 9.90 Å². The third-order valence-electron chi connectivity index (χ3n) is 2.28. The molecule has 0 amide bonds. The zero-order chi connectivity index (χ0) is 11.4. The van der Waals surface area contributed by atoms with E-state index in [9.17, 15) is 4.79 Å².